The van der Waals surface area contributed by atoms with Crippen molar-refractivity contribution in [1.29, 1.82) is 0 Å². The first kappa shape index (κ1) is 11.9. The van der Waals surface area contributed by atoms with E-state index in [-0.39, 0.29) is 18.3 Å². The van der Waals surface area contributed by atoms with Gasteiger partial charge in [-0.05, 0) is 12.0 Å². The molecule has 4 nitrogen and oxygen atoms in total. The summed E-state index contributed by atoms with van der Waals surface area (Å²) in [5.41, 5.74) is 0.282. The zero-order chi connectivity index (χ0) is 11.5. The van der Waals surface area contributed by atoms with Crippen LogP contribution in [0, 0.1) is 0 Å². The molecular formula is C10H12O4S. The maximum Gasteiger partial charge on any atom is 0.281 e. The van der Waals surface area contributed by atoms with Crippen LogP contribution in [-0.2, 0) is 19.7 Å². The SMILES string of the molecule is CCC(C=O)(c1ccccc1)S(=O)(=O)O. The predicted octanol–water partition coefficient (Wildman–Crippen LogP) is 1.38. The van der Waals surface area contributed by atoms with Crippen LogP contribution in [0.4, 0.5) is 0 Å². The second-order valence-corrected chi connectivity index (χ2v) is 4.88. The van der Waals surface area contributed by atoms with Crippen LogP contribution in [0.25, 0.3) is 0 Å². The van der Waals surface area contributed by atoms with E-state index in [9.17, 15) is 13.2 Å². The molecule has 1 rings (SSSR count). The molecule has 1 atom stereocenters. The molecule has 15 heavy (non-hydrogen) atoms. The zero-order valence-corrected chi connectivity index (χ0v) is 9.07. The van der Waals surface area contributed by atoms with Gasteiger partial charge >= 0.3 is 0 Å². The van der Waals surface area contributed by atoms with Crippen molar-refractivity contribution in [2.45, 2.75) is 18.1 Å². The second kappa shape index (κ2) is 4.12. The van der Waals surface area contributed by atoms with E-state index in [1.807, 2.05) is 0 Å². The van der Waals surface area contributed by atoms with Gasteiger partial charge in [0.15, 0.2) is 4.75 Å². The van der Waals surface area contributed by atoms with Crippen LogP contribution in [0.3, 0.4) is 0 Å². The molecule has 0 spiro atoms. The Morgan fingerprint density at radius 3 is 2.20 bits per heavy atom. The summed E-state index contributed by atoms with van der Waals surface area (Å²) in [6, 6.07) is 7.96. The number of aldehydes is 1. The average molecular weight is 228 g/mol. The van der Waals surface area contributed by atoms with Crippen LogP contribution in [0.1, 0.15) is 18.9 Å². The molecule has 1 aromatic carbocycles. The molecule has 5 heteroatoms. The molecule has 0 amide bonds. The van der Waals surface area contributed by atoms with Gasteiger partial charge in [-0.15, -0.1) is 0 Å². The maximum atomic E-state index is 11.2. The molecule has 0 fully saturated rings. The Kier molecular flexibility index (Phi) is 3.26. The first-order chi connectivity index (χ1) is 6.98. The number of rotatable bonds is 4. The number of benzene rings is 1. The Morgan fingerprint density at radius 1 is 1.33 bits per heavy atom. The molecular weight excluding hydrogens is 216 g/mol. The van der Waals surface area contributed by atoms with Crippen LogP contribution in [0.5, 0.6) is 0 Å². The lowest BCUT2D eigenvalue weighted by molar-refractivity contribution is -0.110. The van der Waals surface area contributed by atoms with Gasteiger partial charge in [0.2, 0.25) is 0 Å². The molecule has 0 heterocycles. The molecule has 0 aliphatic rings. The van der Waals surface area contributed by atoms with Gasteiger partial charge in [-0.1, -0.05) is 37.3 Å². The van der Waals surface area contributed by atoms with E-state index in [2.05, 4.69) is 0 Å². The van der Waals surface area contributed by atoms with Gasteiger partial charge in [0, 0.05) is 0 Å². The molecule has 1 unspecified atom stereocenters. The van der Waals surface area contributed by atoms with Crippen molar-refractivity contribution in [2.24, 2.45) is 0 Å². The fraction of sp³-hybridized carbons (Fsp3) is 0.300. The molecule has 0 aromatic heterocycles. The Morgan fingerprint density at radius 2 is 1.87 bits per heavy atom. The van der Waals surface area contributed by atoms with Crippen LogP contribution in [0.15, 0.2) is 30.3 Å². The summed E-state index contributed by atoms with van der Waals surface area (Å²) in [5.74, 6) is 0. The van der Waals surface area contributed by atoms with Crippen LogP contribution in [-0.4, -0.2) is 19.3 Å². The minimum atomic E-state index is -4.45. The lowest BCUT2D eigenvalue weighted by Crippen LogP contribution is -2.36. The van der Waals surface area contributed by atoms with E-state index in [1.165, 1.54) is 19.1 Å². The van der Waals surface area contributed by atoms with E-state index >= 15 is 0 Å². The quantitative estimate of drug-likeness (QED) is 0.624. The summed E-state index contributed by atoms with van der Waals surface area (Å²) in [4.78, 5) is 11.0. The molecule has 0 saturated carbocycles. The van der Waals surface area contributed by atoms with E-state index in [4.69, 9.17) is 4.55 Å². The van der Waals surface area contributed by atoms with Crippen molar-refractivity contribution in [3.05, 3.63) is 35.9 Å². The first-order valence-electron chi connectivity index (χ1n) is 4.47. The van der Waals surface area contributed by atoms with Gasteiger partial charge in [-0.2, -0.15) is 8.42 Å². The highest BCUT2D eigenvalue weighted by Gasteiger charge is 2.43. The average Bonchev–Trinajstić information content (AvgIpc) is 2.20. The van der Waals surface area contributed by atoms with Crippen molar-refractivity contribution in [3.63, 3.8) is 0 Å². The number of hydrogen-bond donors (Lipinski definition) is 1. The standard InChI is InChI=1S/C10H12O4S/c1-2-10(8-11,15(12,13)14)9-6-4-3-5-7-9/h3-8H,2H2,1H3,(H,12,13,14). The smallest absolute Gasteiger partial charge is 0.281 e. The lowest BCUT2D eigenvalue weighted by atomic mass is 9.97. The zero-order valence-electron chi connectivity index (χ0n) is 8.25. The molecule has 0 aliphatic carbocycles. The fourth-order valence-electron chi connectivity index (χ4n) is 1.47. The van der Waals surface area contributed by atoms with E-state index in [0.717, 1.165) is 0 Å². The van der Waals surface area contributed by atoms with Crippen molar-refractivity contribution in [2.75, 3.05) is 0 Å². The van der Waals surface area contributed by atoms with E-state index in [1.54, 1.807) is 18.2 Å². The fourth-order valence-corrected chi connectivity index (χ4v) is 2.39. The molecule has 0 bridgehead atoms. The molecule has 0 aliphatic heterocycles. The Balaban J connectivity index is 3.44. The minimum absolute atomic E-state index is 0.000648. The predicted molar refractivity (Wildman–Crippen MR) is 56.0 cm³/mol. The highest BCUT2D eigenvalue weighted by molar-refractivity contribution is 7.87. The largest absolute Gasteiger partial charge is 0.301 e. The maximum absolute atomic E-state index is 11.2. The Hall–Kier alpha value is -1.20. The second-order valence-electron chi connectivity index (χ2n) is 3.20. The highest BCUT2D eigenvalue weighted by Crippen LogP contribution is 2.30. The van der Waals surface area contributed by atoms with Crippen molar-refractivity contribution in [3.8, 4) is 0 Å². The monoisotopic (exact) mass is 228 g/mol. The molecule has 1 N–H and O–H groups in total. The third-order valence-electron chi connectivity index (χ3n) is 2.44. The molecule has 82 valence electrons. The number of carbonyl (C=O) groups is 1. The summed E-state index contributed by atoms with van der Waals surface area (Å²) < 4.78 is 29.8. The lowest BCUT2D eigenvalue weighted by Gasteiger charge is -2.23. The summed E-state index contributed by atoms with van der Waals surface area (Å²) in [6.45, 7) is 1.54. The highest BCUT2D eigenvalue weighted by atomic mass is 32.2. The van der Waals surface area contributed by atoms with Crippen LogP contribution in [0.2, 0.25) is 0 Å². The first-order valence-corrected chi connectivity index (χ1v) is 5.91. The van der Waals surface area contributed by atoms with E-state index < -0.39 is 14.9 Å². The minimum Gasteiger partial charge on any atom is -0.301 e. The van der Waals surface area contributed by atoms with Gasteiger partial charge in [0.05, 0.1) is 0 Å². The topological polar surface area (TPSA) is 71.4 Å². The van der Waals surface area contributed by atoms with Gasteiger partial charge < -0.3 is 4.79 Å². The van der Waals surface area contributed by atoms with Gasteiger partial charge in [0.1, 0.15) is 6.29 Å². The van der Waals surface area contributed by atoms with Crippen molar-refractivity contribution < 1.29 is 17.8 Å². The summed E-state index contributed by atoms with van der Waals surface area (Å²) in [6.07, 6.45) is 0.275. The van der Waals surface area contributed by atoms with Crippen molar-refractivity contribution >= 4 is 16.4 Å². The number of hydrogen-bond acceptors (Lipinski definition) is 3. The van der Waals surface area contributed by atoms with Gasteiger partial charge in [-0.3, -0.25) is 4.55 Å². The molecule has 1 aromatic rings. The van der Waals surface area contributed by atoms with E-state index in [0.29, 0.717) is 0 Å². The Labute approximate surface area is 88.7 Å². The van der Waals surface area contributed by atoms with Crippen LogP contribution >= 0.6 is 0 Å². The van der Waals surface area contributed by atoms with Crippen molar-refractivity contribution in [1.82, 2.24) is 0 Å². The van der Waals surface area contributed by atoms with Gasteiger partial charge in [0.25, 0.3) is 10.1 Å². The summed E-state index contributed by atoms with van der Waals surface area (Å²) >= 11 is 0. The molecule has 0 radical (unpaired) electrons. The van der Waals surface area contributed by atoms with Gasteiger partial charge in [-0.25, -0.2) is 0 Å². The van der Waals surface area contributed by atoms with Crippen LogP contribution < -0.4 is 0 Å². The number of carbonyl (C=O) groups excluding carboxylic acids is 1. The normalized spacial score (nSPS) is 15.6. The summed E-state index contributed by atoms with van der Waals surface area (Å²) in [5, 5.41) is 0. The third-order valence-corrected chi connectivity index (χ3v) is 3.98. The third kappa shape index (κ3) is 1.93. The Bertz CT molecular complexity index is 438. The molecule has 0 saturated heterocycles. The summed E-state index contributed by atoms with van der Waals surface area (Å²) in [7, 11) is -4.45.